The SMILES string of the molecule is N#CC1=CN(c2cc(Cl)cc(Cl)c2)Cc2ccccc21. The van der Waals surface area contributed by atoms with Crippen LogP contribution in [0.5, 0.6) is 0 Å². The number of halogens is 2. The molecule has 0 bridgehead atoms. The Kier molecular flexibility index (Phi) is 3.40. The summed E-state index contributed by atoms with van der Waals surface area (Å²) in [6.07, 6.45) is 1.84. The monoisotopic (exact) mass is 300 g/mol. The van der Waals surface area contributed by atoms with E-state index in [1.54, 1.807) is 6.07 Å². The van der Waals surface area contributed by atoms with Crippen LogP contribution in [0.2, 0.25) is 10.0 Å². The average molecular weight is 301 g/mol. The van der Waals surface area contributed by atoms with Gasteiger partial charge in [0.25, 0.3) is 0 Å². The Labute approximate surface area is 127 Å². The second kappa shape index (κ2) is 5.20. The van der Waals surface area contributed by atoms with Gasteiger partial charge < -0.3 is 4.90 Å². The van der Waals surface area contributed by atoms with Gasteiger partial charge >= 0.3 is 0 Å². The van der Waals surface area contributed by atoms with E-state index in [1.165, 1.54) is 0 Å². The Morgan fingerprint density at radius 3 is 2.45 bits per heavy atom. The first-order valence-electron chi connectivity index (χ1n) is 6.10. The van der Waals surface area contributed by atoms with E-state index >= 15 is 0 Å². The number of nitriles is 1. The second-order valence-corrected chi connectivity index (χ2v) is 5.44. The van der Waals surface area contributed by atoms with E-state index in [-0.39, 0.29) is 0 Å². The summed E-state index contributed by atoms with van der Waals surface area (Å²) < 4.78 is 0. The van der Waals surface area contributed by atoms with E-state index in [4.69, 9.17) is 23.2 Å². The Balaban J connectivity index is 2.08. The summed E-state index contributed by atoms with van der Waals surface area (Å²) in [7, 11) is 0. The molecular weight excluding hydrogens is 291 g/mol. The van der Waals surface area contributed by atoms with Crippen molar-refractivity contribution in [1.29, 1.82) is 5.26 Å². The number of rotatable bonds is 1. The lowest BCUT2D eigenvalue weighted by Gasteiger charge is -2.27. The van der Waals surface area contributed by atoms with Crippen LogP contribution in [-0.2, 0) is 6.54 Å². The van der Waals surface area contributed by atoms with Crippen molar-refractivity contribution in [3.05, 3.63) is 69.8 Å². The van der Waals surface area contributed by atoms with Gasteiger partial charge in [-0.05, 0) is 29.3 Å². The summed E-state index contributed by atoms with van der Waals surface area (Å²) in [5, 5.41) is 10.5. The van der Waals surface area contributed by atoms with Crippen LogP contribution in [0.15, 0.2) is 48.7 Å². The minimum Gasteiger partial charge on any atom is -0.342 e. The molecule has 98 valence electrons. The van der Waals surface area contributed by atoms with Crippen LogP contribution in [0, 0.1) is 11.3 Å². The molecule has 0 spiro atoms. The maximum absolute atomic E-state index is 9.31. The lowest BCUT2D eigenvalue weighted by molar-refractivity contribution is 0.949. The summed E-state index contributed by atoms with van der Waals surface area (Å²) in [6, 6.07) is 15.5. The lowest BCUT2D eigenvalue weighted by atomic mass is 9.97. The Morgan fingerprint density at radius 1 is 1.05 bits per heavy atom. The van der Waals surface area contributed by atoms with E-state index in [0.717, 1.165) is 16.8 Å². The van der Waals surface area contributed by atoms with Gasteiger partial charge in [-0.25, -0.2) is 0 Å². The molecule has 2 aromatic rings. The zero-order valence-corrected chi connectivity index (χ0v) is 12.0. The number of allylic oxidation sites excluding steroid dienone is 1. The fourth-order valence-electron chi connectivity index (χ4n) is 2.34. The first-order valence-corrected chi connectivity index (χ1v) is 6.86. The minimum absolute atomic E-state index is 0.582. The van der Waals surface area contributed by atoms with E-state index in [0.29, 0.717) is 22.2 Å². The molecule has 20 heavy (non-hydrogen) atoms. The Morgan fingerprint density at radius 2 is 1.75 bits per heavy atom. The number of anilines is 1. The van der Waals surface area contributed by atoms with Crippen LogP contribution in [0.1, 0.15) is 11.1 Å². The summed E-state index contributed by atoms with van der Waals surface area (Å²) >= 11 is 12.1. The number of hydrogen-bond donors (Lipinski definition) is 0. The summed E-state index contributed by atoms with van der Waals surface area (Å²) in [4.78, 5) is 1.98. The van der Waals surface area contributed by atoms with Gasteiger partial charge in [-0.2, -0.15) is 5.26 Å². The van der Waals surface area contributed by atoms with Gasteiger partial charge in [0.05, 0.1) is 5.57 Å². The van der Waals surface area contributed by atoms with Gasteiger partial charge in [-0.1, -0.05) is 47.5 Å². The molecule has 0 saturated heterocycles. The topological polar surface area (TPSA) is 27.0 Å². The van der Waals surface area contributed by atoms with Crippen LogP contribution in [0.4, 0.5) is 5.69 Å². The maximum Gasteiger partial charge on any atom is 0.101 e. The average Bonchev–Trinajstić information content (AvgIpc) is 2.45. The maximum atomic E-state index is 9.31. The van der Waals surface area contributed by atoms with Crippen molar-refractivity contribution in [2.45, 2.75) is 6.54 Å². The molecule has 0 aliphatic carbocycles. The third kappa shape index (κ3) is 2.38. The molecule has 0 radical (unpaired) electrons. The van der Waals surface area contributed by atoms with E-state index < -0.39 is 0 Å². The van der Waals surface area contributed by atoms with Crippen molar-refractivity contribution in [2.75, 3.05) is 4.90 Å². The fourth-order valence-corrected chi connectivity index (χ4v) is 2.85. The Bertz CT molecular complexity index is 724. The standard InChI is InChI=1S/C16H10Cl2N2/c17-13-5-14(18)7-15(6-13)20-9-11-3-1-2-4-16(11)12(8-19)10-20/h1-7,10H,9H2. The molecule has 0 fully saturated rings. The van der Waals surface area contributed by atoms with Crippen molar-refractivity contribution in [1.82, 2.24) is 0 Å². The third-order valence-electron chi connectivity index (χ3n) is 3.23. The highest BCUT2D eigenvalue weighted by atomic mass is 35.5. The van der Waals surface area contributed by atoms with Crippen molar-refractivity contribution in [2.24, 2.45) is 0 Å². The van der Waals surface area contributed by atoms with Gasteiger partial charge in [0.15, 0.2) is 0 Å². The van der Waals surface area contributed by atoms with Gasteiger partial charge in [0.1, 0.15) is 6.07 Å². The van der Waals surface area contributed by atoms with Crippen LogP contribution in [0.3, 0.4) is 0 Å². The molecule has 0 unspecified atom stereocenters. The molecule has 0 aromatic heterocycles. The zero-order valence-electron chi connectivity index (χ0n) is 10.5. The summed E-state index contributed by atoms with van der Waals surface area (Å²) in [5.41, 5.74) is 3.62. The quantitative estimate of drug-likeness (QED) is 0.750. The molecule has 2 aromatic carbocycles. The van der Waals surface area contributed by atoms with Gasteiger partial charge in [0.2, 0.25) is 0 Å². The molecule has 1 aliphatic heterocycles. The number of benzene rings is 2. The molecule has 3 rings (SSSR count). The van der Waals surface area contributed by atoms with Crippen molar-refractivity contribution >= 4 is 34.5 Å². The van der Waals surface area contributed by atoms with Crippen molar-refractivity contribution < 1.29 is 0 Å². The van der Waals surface area contributed by atoms with E-state index in [9.17, 15) is 5.26 Å². The molecule has 1 aliphatic rings. The predicted octanol–water partition coefficient (Wildman–Crippen LogP) is 4.88. The zero-order chi connectivity index (χ0) is 14.1. The number of nitrogens with zero attached hydrogens (tertiary/aromatic N) is 2. The molecule has 0 atom stereocenters. The van der Waals surface area contributed by atoms with Gasteiger partial charge in [0, 0.05) is 28.5 Å². The molecule has 0 saturated carbocycles. The highest BCUT2D eigenvalue weighted by Gasteiger charge is 2.18. The predicted molar refractivity (Wildman–Crippen MR) is 82.7 cm³/mol. The molecular formula is C16H10Cl2N2. The second-order valence-electron chi connectivity index (χ2n) is 4.57. The van der Waals surface area contributed by atoms with Gasteiger partial charge in [-0.15, -0.1) is 0 Å². The van der Waals surface area contributed by atoms with Crippen molar-refractivity contribution in [3.63, 3.8) is 0 Å². The summed E-state index contributed by atoms with van der Waals surface area (Å²) in [5.74, 6) is 0. The molecule has 1 heterocycles. The van der Waals surface area contributed by atoms with Crippen LogP contribution in [0.25, 0.3) is 5.57 Å². The minimum atomic E-state index is 0.582. The molecule has 2 nitrogen and oxygen atoms in total. The molecule has 0 N–H and O–H groups in total. The first kappa shape index (κ1) is 13.1. The normalized spacial score (nSPS) is 13.4. The van der Waals surface area contributed by atoms with Crippen LogP contribution in [-0.4, -0.2) is 0 Å². The number of hydrogen-bond acceptors (Lipinski definition) is 2. The smallest absolute Gasteiger partial charge is 0.101 e. The van der Waals surface area contributed by atoms with Gasteiger partial charge in [-0.3, -0.25) is 0 Å². The van der Waals surface area contributed by atoms with E-state index in [2.05, 4.69) is 6.07 Å². The molecule has 0 amide bonds. The fraction of sp³-hybridized carbons (Fsp3) is 0.0625. The highest BCUT2D eigenvalue weighted by molar-refractivity contribution is 6.35. The Hall–Kier alpha value is -1.95. The highest BCUT2D eigenvalue weighted by Crippen LogP contribution is 2.32. The summed E-state index contributed by atoms with van der Waals surface area (Å²) in [6.45, 7) is 0.692. The van der Waals surface area contributed by atoms with E-state index in [1.807, 2.05) is 47.5 Å². The third-order valence-corrected chi connectivity index (χ3v) is 3.67. The number of fused-ring (bicyclic) bond motifs is 1. The lowest BCUT2D eigenvalue weighted by Crippen LogP contribution is -2.20. The first-order chi connectivity index (χ1) is 9.67. The van der Waals surface area contributed by atoms with Crippen LogP contribution >= 0.6 is 23.2 Å². The van der Waals surface area contributed by atoms with Crippen molar-refractivity contribution in [3.8, 4) is 6.07 Å². The largest absolute Gasteiger partial charge is 0.342 e. The molecule has 4 heteroatoms. The van der Waals surface area contributed by atoms with Crippen LogP contribution < -0.4 is 4.90 Å².